The number of nitrogens with zero attached hydrogens (tertiary/aromatic N) is 2. The Bertz CT molecular complexity index is 399. The van der Waals surface area contributed by atoms with E-state index < -0.39 is 0 Å². The van der Waals surface area contributed by atoms with Gasteiger partial charge in [0.15, 0.2) is 0 Å². The van der Waals surface area contributed by atoms with Gasteiger partial charge in [0.2, 0.25) is 11.8 Å². The average molecular weight is 204 g/mol. The largest absolute Gasteiger partial charge is 0.277 e. The van der Waals surface area contributed by atoms with E-state index in [0.717, 1.165) is 11.4 Å². The van der Waals surface area contributed by atoms with E-state index in [4.69, 9.17) is 0 Å². The Morgan fingerprint density at radius 1 is 1.27 bits per heavy atom. The van der Waals surface area contributed by atoms with E-state index in [-0.39, 0.29) is 11.8 Å². The van der Waals surface area contributed by atoms with Gasteiger partial charge in [-0.25, -0.2) is 0 Å². The second-order valence-corrected chi connectivity index (χ2v) is 3.64. The van der Waals surface area contributed by atoms with Crippen LogP contribution < -0.4 is 0 Å². The second kappa shape index (κ2) is 3.81. The number of carbonyl (C=O) groups excluding carboxylic acids is 2. The third-order valence-corrected chi connectivity index (χ3v) is 2.42. The Morgan fingerprint density at radius 3 is 2.53 bits per heavy atom. The lowest BCUT2D eigenvalue weighted by atomic mass is 10.3. The summed E-state index contributed by atoms with van der Waals surface area (Å²) in [6.45, 7) is 2.19. The first kappa shape index (κ1) is 9.83. The smallest absolute Gasteiger partial charge is 0.230 e. The van der Waals surface area contributed by atoms with Crippen LogP contribution in [0.2, 0.25) is 0 Å². The fourth-order valence-corrected chi connectivity index (χ4v) is 1.65. The molecule has 1 aliphatic heterocycles. The third-order valence-electron chi connectivity index (χ3n) is 2.42. The highest BCUT2D eigenvalue weighted by atomic mass is 16.2. The van der Waals surface area contributed by atoms with Crippen LogP contribution in [-0.4, -0.2) is 21.7 Å². The van der Waals surface area contributed by atoms with Crippen molar-refractivity contribution in [1.29, 1.82) is 0 Å². The van der Waals surface area contributed by atoms with Crippen molar-refractivity contribution in [1.82, 2.24) is 9.88 Å². The van der Waals surface area contributed by atoms with E-state index in [1.54, 1.807) is 0 Å². The lowest BCUT2D eigenvalue weighted by molar-refractivity contribution is -0.139. The van der Waals surface area contributed by atoms with E-state index in [9.17, 15) is 9.59 Å². The summed E-state index contributed by atoms with van der Waals surface area (Å²) in [4.78, 5) is 28.2. The summed E-state index contributed by atoms with van der Waals surface area (Å²) in [6, 6.07) is 5.59. The van der Waals surface area contributed by atoms with Crippen LogP contribution in [0, 0.1) is 6.92 Å². The molecule has 0 bridgehead atoms. The minimum Gasteiger partial charge on any atom is -0.277 e. The summed E-state index contributed by atoms with van der Waals surface area (Å²) in [5, 5.41) is 0. The molecule has 1 aromatic heterocycles. The van der Waals surface area contributed by atoms with Crippen LogP contribution in [0.5, 0.6) is 0 Å². The quantitative estimate of drug-likeness (QED) is 0.676. The molecule has 4 nitrogen and oxygen atoms in total. The number of likely N-dealkylation sites (tertiary alicyclic amines) is 1. The molecule has 0 atom stereocenters. The molecule has 78 valence electrons. The van der Waals surface area contributed by atoms with E-state index in [0.29, 0.717) is 19.4 Å². The van der Waals surface area contributed by atoms with Gasteiger partial charge in [-0.1, -0.05) is 6.07 Å². The maximum atomic E-state index is 11.4. The van der Waals surface area contributed by atoms with Crippen LogP contribution in [-0.2, 0) is 16.1 Å². The molecule has 0 saturated carbocycles. The molecule has 0 unspecified atom stereocenters. The Labute approximate surface area is 87.9 Å². The highest BCUT2D eigenvalue weighted by Gasteiger charge is 2.28. The lowest BCUT2D eigenvalue weighted by Gasteiger charge is -2.12. The first-order valence-electron chi connectivity index (χ1n) is 4.92. The molecule has 0 N–H and O–H groups in total. The molecule has 0 spiro atoms. The number of hydrogen-bond donors (Lipinski definition) is 0. The maximum absolute atomic E-state index is 11.4. The molecule has 2 rings (SSSR count). The molecule has 0 aromatic carbocycles. The summed E-state index contributed by atoms with van der Waals surface area (Å²) in [7, 11) is 0. The summed E-state index contributed by atoms with van der Waals surface area (Å²) < 4.78 is 0. The van der Waals surface area contributed by atoms with Crippen LogP contribution in [0.25, 0.3) is 0 Å². The summed E-state index contributed by atoms with van der Waals surface area (Å²) >= 11 is 0. The number of amides is 2. The van der Waals surface area contributed by atoms with Gasteiger partial charge in [0.1, 0.15) is 0 Å². The van der Waals surface area contributed by atoms with Crippen LogP contribution >= 0.6 is 0 Å². The number of pyridine rings is 1. The van der Waals surface area contributed by atoms with Crippen LogP contribution in [0.1, 0.15) is 24.2 Å². The standard InChI is InChI=1S/C11H12N2O2/c1-8-3-2-4-9(12-8)7-13-10(14)5-6-11(13)15/h2-4H,5-7H2,1H3. The van der Waals surface area contributed by atoms with Crippen molar-refractivity contribution >= 4 is 11.8 Å². The van der Waals surface area contributed by atoms with Gasteiger partial charge in [0.05, 0.1) is 12.2 Å². The van der Waals surface area contributed by atoms with Gasteiger partial charge >= 0.3 is 0 Å². The van der Waals surface area contributed by atoms with Crippen LogP contribution in [0.4, 0.5) is 0 Å². The minimum absolute atomic E-state index is 0.0942. The van der Waals surface area contributed by atoms with E-state index in [1.165, 1.54) is 4.90 Å². The highest BCUT2D eigenvalue weighted by Crippen LogP contribution is 2.14. The van der Waals surface area contributed by atoms with E-state index in [1.807, 2.05) is 25.1 Å². The molecule has 2 amide bonds. The van der Waals surface area contributed by atoms with Gasteiger partial charge in [-0.05, 0) is 19.1 Å². The third kappa shape index (κ3) is 2.03. The topological polar surface area (TPSA) is 50.3 Å². The zero-order valence-corrected chi connectivity index (χ0v) is 8.56. The molecule has 4 heteroatoms. The summed E-state index contributed by atoms with van der Waals surface area (Å²) in [5.41, 5.74) is 1.66. The number of aryl methyl sites for hydroxylation is 1. The normalized spacial score (nSPS) is 16.2. The Kier molecular flexibility index (Phi) is 2.49. The van der Waals surface area contributed by atoms with Crippen molar-refractivity contribution in [3.63, 3.8) is 0 Å². The Balaban J connectivity index is 2.15. The highest BCUT2D eigenvalue weighted by molar-refractivity contribution is 6.01. The monoisotopic (exact) mass is 204 g/mol. The molecule has 1 saturated heterocycles. The zero-order chi connectivity index (χ0) is 10.8. The van der Waals surface area contributed by atoms with Gasteiger partial charge in [0, 0.05) is 18.5 Å². The van der Waals surface area contributed by atoms with E-state index >= 15 is 0 Å². The van der Waals surface area contributed by atoms with Gasteiger partial charge in [0.25, 0.3) is 0 Å². The fourth-order valence-electron chi connectivity index (χ4n) is 1.65. The summed E-state index contributed by atoms with van der Waals surface area (Å²) in [5.74, 6) is -0.188. The van der Waals surface area contributed by atoms with Crippen molar-refractivity contribution in [2.45, 2.75) is 26.3 Å². The zero-order valence-electron chi connectivity index (χ0n) is 8.56. The van der Waals surface area contributed by atoms with Crippen molar-refractivity contribution in [2.24, 2.45) is 0 Å². The molecule has 2 heterocycles. The van der Waals surface area contributed by atoms with Gasteiger partial charge in [-0.15, -0.1) is 0 Å². The molecule has 1 aliphatic rings. The van der Waals surface area contributed by atoms with Crippen molar-refractivity contribution in [3.05, 3.63) is 29.6 Å². The number of hydrogen-bond acceptors (Lipinski definition) is 3. The molecular weight excluding hydrogens is 192 g/mol. The number of imide groups is 1. The van der Waals surface area contributed by atoms with Crippen molar-refractivity contribution in [2.75, 3.05) is 0 Å². The molecule has 15 heavy (non-hydrogen) atoms. The number of aromatic nitrogens is 1. The fraction of sp³-hybridized carbons (Fsp3) is 0.364. The van der Waals surface area contributed by atoms with Gasteiger partial charge in [-0.3, -0.25) is 19.5 Å². The predicted octanol–water partition coefficient (Wildman–Crippen LogP) is 1.04. The van der Waals surface area contributed by atoms with Crippen LogP contribution in [0.15, 0.2) is 18.2 Å². The molecule has 1 fully saturated rings. The molecule has 0 radical (unpaired) electrons. The predicted molar refractivity (Wildman–Crippen MR) is 53.8 cm³/mol. The SMILES string of the molecule is Cc1cccc(CN2C(=O)CCC2=O)n1. The Hall–Kier alpha value is -1.71. The number of rotatable bonds is 2. The Morgan fingerprint density at radius 2 is 1.93 bits per heavy atom. The van der Waals surface area contributed by atoms with Crippen LogP contribution in [0.3, 0.4) is 0 Å². The molecule has 1 aromatic rings. The maximum Gasteiger partial charge on any atom is 0.230 e. The first-order valence-corrected chi connectivity index (χ1v) is 4.92. The first-order chi connectivity index (χ1) is 7.16. The second-order valence-electron chi connectivity index (χ2n) is 3.64. The lowest BCUT2D eigenvalue weighted by Crippen LogP contribution is -2.28. The minimum atomic E-state index is -0.0942. The van der Waals surface area contributed by atoms with Crippen molar-refractivity contribution in [3.8, 4) is 0 Å². The van der Waals surface area contributed by atoms with Gasteiger partial charge < -0.3 is 0 Å². The van der Waals surface area contributed by atoms with Gasteiger partial charge in [-0.2, -0.15) is 0 Å². The van der Waals surface area contributed by atoms with Crippen molar-refractivity contribution < 1.29 is 9.59 Å². The number of carbonyl (C=O) groups is 2. The summed E-state index contributed by atoms with van der Waals surface area (Å²) in [6.07, 6.45) is 0.676. The van der Waals surface area contributed by atoms with E-state index in [2.05, 4.69) is 4.98 Å². The molecular formula is C11H12N2O2. The average Bonchev–Trinajstić information content (AvgIpc) is 2.50. The molecule has 0 aliphatic carbocycles.